The van der Waals surface area contributed by atoms with Crippen molar-refractivity contribution in [3.8, 4) is 6.07 Å². The molecule has 2 rings (SSSR count). The molecule has 0 spiro atoms. The summed E-state index contributed by atoms with van der Waals surface area (Å²) in [4.78, 5) is 14.1. The zero-order valence-electron chi connectivity index (χ0n) is 13.8. The zero-order chi connectivity index (χ0) is 16.7. The molecule has 1 unspecified atom stereocenters. The van der Waals surface area contributed by atoms with Gasteiger partial charge >= 0.3 is 5.97 Å². The summed E-state index contributed by atoms with van der Waals surface area (Å²) in [5.74, 6) is -1.29. The highest BCUT2D eigenvalue weighted by atomic mass is 16.7. The van der Waals surface area contributed by atoms with Crippen LogP contribution in [-0.4, -0.2) is 49.1 Å². The summed E-state index contributed by atoms with van der Waals surface area (Å²) in [6.07, 6.45) is 8.47. The standard InChI is InChI=1S/C17H24N2O4/c1-17(2)22-13-15(23-17)12-21-16(20)14(11-18)7-6-10-19-8-4-3-5-9-19/h6-7,10,15H,3-5,8-9,12-13H2,1-2H3/b10-6+,14-7+. The smallest absolute Gasteiger partial charge is 0.348 e. The Kier molecular flexibility index (Phi) is 6.20. The second kappa shape index (κ2) is 8.14. The number of rotatable bonds is 5. The van der Waals surface area contributed by atoms with E-state index in [0.29, 0.717) is 6.61 Å². The van der Waals surface area contributed by atoms with Crippen molar-refractivity contribution in [2.45, 2.75) is 45.0 Å². The number of carbonyl (C=O) groups excluding carboxylic acids is 1. The zero-order valence-corrected chi connectivity index (χ0v) is 13.8. The molecule has 23 heavy (non-hydrogen) atoms. The first-order valence-electron chi connectivity index (χ1n) is 8.02. The molecular weight excluding hydrogens is 296 g/mol. The number of likely N-dealkylation sites (tertiary alicyclic amines) is 1. The molecule has 0 aromatic carbocycles. The number of hydrogen-bond donors (Lipinski definition) is 0. The van der Waals surface area contributed by atoms with Gasteiger partial charge in [0.05, 0.1) is 6.61 Å². The van der Waals surface area contributed by atoms with Gasteiger partial charge in [0.2, 0.25) is 0 Å². The Labute approximate surface area is 137 Å². The molecule has 2 saturated heterocycles. The van der Waals surface area contributed by atoms with Gasteiger partial charge in [0.1, 0.15) is 24.4 Å². The van der Waals surface area contributed by atoms with Crippen molar-refractivity contribution in [2.24, 2.45) is 0 Å². The van der Waals surface area contributed by atoms with E-state index in [1.165, 1.54) is 25.3 Å². The molecule has 2 aliphatic rings. The monoisotopic (exact) mass is 320 g/mol. The number of esters is 1. The normalized spacial score (nSPS) is 24.7. The Morgan fingerprint density at radius 3 is 2.74 bits per heavy atom. The Morgan fingerprint density at radius 1 is 1.39 bits per heavy atom. The highest BCUT2D eigenvalue weighted by Gasteiger charge is 2.33. The van der Waals surface area contributed by atoms with Crippen LogP contribution in [0.1, 0.15) is 33.1 Å². The first-order chi connectivity index (χ1) is 11.0. The lowest BCUT2D eigenvalue weighted by Crippen LogP contribution is -2.25. The Morgan fingerprint density at radius 2 is 2.13 bits per heavy atom. The van der Waals surface area contributed by atoms with Gasteiger partial charge in [-0.05, 0) is 51.5 Å². The second-order valence-corrected chi connectivity index (χ2v) is 6.18. The third kappa shape index (κ3) is 5.70. The molecule has 0 radical (unpaired) electrons. The maximum atomic E-state index is 11.9. The number of ether oxygens (including phenoxy) is 3. The van der Waals surface area contributed by atoms with Crippen LogP contribution in [0.5, 0.6) is 0 Å². The number of piperidine rings is 1. The van der Waals surface area contributed by atoms with Crippen LogP contribution in [0.3, 0.4) is 0 Å². The van der Waals surface area contributed by atoms with Crippen molar-refractivity contribution in [3.63, 3.8) is 0 Å². The maximum absolute atomic E-state index is 11.9. The summed E-state index contributed by atoms with van der Waals surface area (Å²) >= 11 is 0. The van der Waals surface area contributed by atoms with Crippen LogP contribution < -0.4 is 0 Å². The summed E-state index contributed by atoms with van der Waals surface area (Å²) in [5.41, 5.74) is -0.0172. The molecule has 126 valence electrons. The van der Waals surface area contributed by atoms with E-state index in [9.17, 15) is 4.79 Å². The highest BCUT2D eigenvalue weighted by Crippen LogP contribution is 2.22. The first kappa shape index (κ1) is 17.5. The molecule has 0 saturated carbocycles. The topological polar surface area (TPSA) is 71.8 Å². The molecule has 0 aliphatic carbocycles. The van der Waals surface area contributed by atoms with Crippen molar-refractivity contribution in [2.75, 3.05) is 26.3 Å². The summed E-state index contributed by atoms with van der Waals surface area (Å²) in [6.45, 7) is 6.11. The third-order valence-electron chi connectivity index (χ3n) is 3.76. The molecule has 1 atom stereocenters. The minimum absolute atomic E-state index is 0.0172. The Bertz CT molecular complexity index is 513. The van der Waals surface area contributed by atoms with Crippen molar-refractivity contribution < 1.29 is 19.0 Å². The van der Waals surface area contributed by atoms with E-state index in [-0.39, 0.29) is 18.3 Å². The maximum Gasteiger partial charge on any atom is 0.348 e. The SMILES string of the molecule is CC1(C)OCC(COC(=O)/C(C#N)=C/C=C/N2CCCCC2)O1. The first-order valence-corrected chi connectivity index (χ1v) is 8.02. The summed E-state index contributed by atoms with van der Waals surface area (Å²) in [6, 6.07) is 1.88. The van der Waals surface area contributed by atoms with Crippen molar-refractivity contribution >= 4 is 5.97 Å². The van der Waals surface area contributed by atoms with Crippen LogP contribution in [0.2, 0.25) is 0 Å². The van der Waals surface area contributed by atoms with Gasteiger partial charge in [-0.15, -0.1) is 0 Å². The fraction of sp³-hybridized carbons (Fsp3) is 0.647. The second-order valence-electron chi connectivity index (χ2n) is 6.18. The number of allylic oxidation sites excluding steroid dienone is 2. The summed E-state index contributed by atoms with van der Waals surface area (Å²) < 4.78 is 16.1. The largest absolute Gasteiger partial charge is 0.459 e. The molecule has 6 nitrogen and oxygen atoms in total. The summed E-state index contributed by atoms with van der Waals surface area (Å²) in [7, 11) is 0. The van der Waals surface area contributed by atoms with Crippen molar-refractivity contribution in [3.05, 3.63) is 23.9 Å². The van der Waals surface area contributed by atoms with Gasteiger partial charge in [0, 0.05) is 13.1 Å². The van der Waals surface area contributed by atoms with E-state index in [1.807, 2.05) is 12.3 Å². The van der Waals surface area contributed by atoms with Crippen molar-refractivity contribution in [1.29, 1.82) is 5.26 Å². The Hall–Kier alpha value is -1.84. The van der Waals surface area contributed by atoms with Gasteiger partial charge in [-0.1, -0.05) is 0 Å². The highest BCUT2D eigenvalue weighted by molar-refractivity contribution is 5.93. The number of nitrogens with zero attached hydrogens (tertiary/aromatic N) is 2. The lowest BCUT2D eigenvalue weighted by Gasteiger charge is -2.24. The van der Waals surface area contributed by atoms with Crippen LogP contribution >= 0.6 is 0 Å². The van der Waals surface area contributed by atoms with Gasteiger partial charge in [-0.3, -0.25) is 0 Å². The molecule has 0 bridgehead atoms. The minimum atomic E-state index is -0.651. The summed E-state index contributed by atoms with van der Waals surface area (Å²) in [5, 5.41) is 9.09. The number of carbonyl (C=O) groups is 1. The van der Waals surface area contributed by atoms with Gasteiger partial charge in [0.15, 0.2) is 5.79 Å². The fourth-order valence-electron chi connectivity index (χ4n) is 2.57. The van der Waals surface area contributed by atoms with Gasteiger partial charge in [-0.2, -0.15) is 5.26 Å². The van der Waals surface area contributed by atoms with E-state index in [1.54, 1.807) is 19.9 Å². The Balaban J connectivity index is 1.80. The third-order valence-corrected chi connectivity index (χ3v) is 3.76. The molecule has 0 N–H and O–H groups in total. The number of hydrogen-bond acceptors (Lipinski definition) is 6. The molecule has 2 heterocycles. The van der Waals surface area contributed by atoms with Gasteiger partial charge in [-0.25, -0.2) is 4.79 Å². The van der Waals surface area contributed by atoms with E-state index in [0.717, 1.165) is 13.1 Å². The molecule has 6 heteroatoms. The minimum Gasteiger partial charge on any atom is -0.459 e. The van der Waals surface area contributed by atoms with Crippen LogP contribution in [-0.2, 0) is 19.0 Å². The van der Waals surface area contributed by atoms with Crippen LogP contribution in [0.4, 0.5) is 0 Å². The molecule has 2 fully saturated rings. The van der Waals surface area contributed by atoms with Crippen LogP contribution in [0.25, 0.3) is 0 Å². The van der Waals surface area contributed by atoms with E-state index in [2.05, 4.69) is 4.90 Å². The molecule has 0 aromatic rings. The van der Waals surface area contributed by atoms with Gasteiger partial charge < -0.3 is 19.1 Å². The van der Waals surface area contributed by atoms with Crippen LogP contribution in [0.15, 0.2) is 23.9 Å². The molecule has 0 aromatic heterocycles. The van der Waals surface area contributed by atoms with E-state index >= 15 is 0 Å². The predicted molar refractivity (Wildman–Crippen MR) is 84.1 cm³/mol. The van der Waals surface area contributed by atoms with Crippen LogP contribution in [0, 0.1) is 11.3 Å². The predicted octanol–water partition coefficient (Wildman–Crippen LogP) is 2.13. The fourth-order valence-corrected chi connectivity index (χ4v) is 2.57. The molecule has 0 amide bonds. The van der Waals surface area contributed by atoms with E-state index in [4.69, 9.17) is 19.5 Å². The van der Waals surface area contributed by atoms with E-state index < -0.39 is 11.8 Å². The molecular formula is C17H24N2O4. The average molecular weight is 320 g/mol. The van der Waals surface area contributed by atoms with Crippen molar-refractivity contribution in [1.82, 2.24) is 4.90 Å². The lowest BCUT2D eigenvalue weighted by atomic mass is 10.1. The average Bonchev–Trinajstić information content (AvgIpc) is 2.89. The molecule has 2 aliphatic heterocycles. The number of nitriles is 1. The quantitative estimate of drug-likeness (QED) is 0.334. The lowest BCUT2D eigenvalue weighted by molar-refractivity contribution is -0.155. The van der Waals surface area contributed by atoms with Gasteiger partial charge in [0.25, 0.3) is 0 Å².